The maximum atomic E-state index is 12.2. The van der Waals surface area contributed by atoms with Crippen molar-refractivity contribution in [2.75, 3.05) is 0 Å². The molecular weight excluding hydrogens is 295 g/mol. The van der Waals surface area contributed by atoms with Crippen LogP contribution in [0, 0.1) is 3.57 Å². The molecule has 0 saturated carbocycles. The fraction of sp³-hybridized carbons (Fsp3) is 0.286. The van der Waals surface area contributed by atoms with Gasteiger partial charge in [0.25, 0.3) is 12.0 Å². The lowest BCUT2D eigenvalue weighted by Gasteiger charge is -2.03. The maximum absolute atomic E-state index is 12.2. The van der Waals surface area contributed by atoms with Gasteiger partial charge in [-0.2, -0.15) is 0 Å². The fourth-order valence-electron chi connectivity index (χ4n) is 0.835. The Kier molecular flexibility index (Phi) is 3.37. The summed E-state index contributed by atoms with van der Waals surface area (Å²) < 4.78 is 24.7. The summed E-state index contributed by atoms with van der Waals surface area (Å²) in [7, 11) is 0. The van der Waals surface area contributed by atoms with E-state index in [0.29, 0.717) is 0 Å². The summed E-state index contributed by atoms with van der Waals surface area (Å²) in [6, 6.07) is 1.25. The Labute approximate surface area is 85.9 Å². The number of H-pyrrole nitrogens is 1. The molecule has 1 heterocycles. The number of halogens is 3. The fourth-order valence-corrected chi connectivity index (χ4v) is 1.58. The summed E-state index contributed by atoms with van der Waals surface area (Å²) in [4.78, 5) is 13.0. The van der Waals surface area contributed by atoms with Gasteiger partial charge >= 0.3 is 0 Å². The molecule has 0 saturated heterocycles. The molecule has 13 heavy (non-hydrogen) atoms. The number of hydrogen-bond acceptors (Lipinski definition) is 2. The highest BCUT2D eigenvalue weighted by Crippen LogP contribution is 2.21. The third-order valence-electron chi connectivity index (χ3n) is 1.49. The lowest BCUT2D eigenvalue weighted by atomic mass is 10.2. The van der Waals surface area contributed by atoms with Crippen LogP contribution in [0.25, 0.3) is 0 Å². The molecule has 0 aromatic carbocycles. The molecule has 0 aliphatic carbocycles. The lowest BCUT2D eigenvalue weighted by Crippen LogP contribution is -2.16. The smallest absolute Gasteiger partial charge is 0.279 e. The van der Waals surface area contributed by atoms with Crippen molar-refractivity contribution in [3.8, 4) is 0 Å². The molecule has 0 aliphatic heterocycles. The van der Waals surface area contributed by atoms with Gasteiger partial charge in [0.2, 0.25) is 0 Å². The van der Waals surface area contributed by atoms with Gasteiger partial charge in [-0.1, -0.05) is 0 Å². The van der Waals surface area contributed by atoms with Crippen LogP contribution in [0.2, 0.25) is 0 Å². The predicted octanol–water partition coefficient (Wildman–Crippen LogP) is 1.41. The minimum atomic E-state index is -2.70. The van der Waals surface area contributed by atoms with Gasteiger partial charge < -0.3 is 10.1 Å². The number of alkyl halides is 2. The molecule has 0 bridgehead atoms. The van der Waals surface area contributed by atoms with Gasteiger partial charge in [0.15, 0.2) is 0 Å². The van der Waals surface area contributed by atoms with Crippen molar-refractivity contribution in [2.24, 2.45) is 0 Å². The average molecular weight is 301 g/mol. The van der Waals surface area contributed by atoms with E-state index in [9.17, 15) is 13.6 Å². The van der Waals surface area contributed by atoms with Crippen molar-refractivity contribution in [3.63, 3.8) is 0 Å². The molecule has 2 N–H and O–H groups in total. The number of hydrogen-bond donors (Lipinski definition) is 2. The molecule has 1 rings (SSSR count). The van der Waals surface area contributed by atoms with Gasteiger partial charge in [-0.05, 0) is 28.7 Å². The second-order valence-corrected chi connectivity index (χ2v) is 3.51. The number of rotatable bonds is 2. The van der Waals surface area contributed by atoms with Gasteiger partial charge in [0, 0.05) is 9.13 Å². The first-order chi connectivity index (χ1) is 6.06. The molecule has 0 fully saturated rings. The Morgan fingerprint density at radius 2 is 2.23 bits per heavy atom. The second-order valence-electron chi connectivity index (χ2n) is 2.34. The van der Waals surface area contributed by atoms with E-state index in [2.05, 4.69) is 0 Å². The number of aliphatic hydroxyl groups is 1. The van der Waals surface area contributed by atoms with Crippen LogP contribution >= 0.6 is 22.6 Å². The lowest BCUT2D eigenvalue weighted by molar-refractivity contribution is 0.144. The van der Waals surface area contributed by atoms with Gasteiger partial charge in [-0.25, -0.2) is 8.78 Å². The minimum absolute atomic E-state index is 0.0915. The Balaban J connectivity index is 3.29. The third-order valence-corrected chi connectivity index (χ3v) is 2.38. The topological polar surface area (TPSA) is 53.1 Å². The molecule has 1 aromatic heterocycles. The molecule has 3 nitrogen and oxygen atoms in total. The molecular formula is C7H6F2INO2. The average Bonchev–Trinajstić information content (AvgIpc) is 2.07. The Bertz CT molecular complexity index is 364. The standard InChI is InChI=1S/C7H6F2INO2/c8-6(9)5-4(10)1-3(2-12)7(13)11-5/h1,6,12H,2H2,(H,11,13). The zero-order valence-electron chi connectivity index (χ0n) is 6.35. The number of aromatic nitrogens is 1. The summed E-state index contributed by atoms with van der Waals surface area (Å²) >= 11 is 1.68. The van der Waals surface area contributed by atoms with Crippen LogP contribution < -0.4 is 5.56 Å². The molecule has 0 unspecified atom stereocenters. The van der Waals surface area contributed by atoms with Crippen LogP contribution in [0.4, 0.5) is 8.78 Å². The molecule has 0 spiro atoms. The van der Waals surface area contributed by atoms with Crippen LogP contribution in [0.3, 0.4) is 0 Å². The first kappa shape index (κ1) is 10.6. The van der Waals surface area contributed by atoms with Gasteiger partial charge in [0.1, 0.15) is 0 Å². The van der Waals surface area contributed by atoms with Gasteiger partial charge in [-0.15, -0.1) is 0 Å². The Morgan fingerprint density at radius 3 is 2.69 bits per heavy atom. The molecule has 6 heteroatoms. The molecule has 72 valence electrons. The molecule has 1 aromatic rings. The van der Waals surface area contributed by atoms with Crippen molar-refractivity contribution in [3.05, 3.63) is 31.2 Å². The Morgan fingerprint density at radius 1 is 1.62 bits per heavy atom. The summed E-state index contributed by atoms with van der Waals surface area (Å²) in [6.07, 6.45) is -2.70. The van der Waals surface area contributed by atoms with E-state index < -0.39 is 24.3 Å². The van der Waals surface area contributed by atoms with Crippen molar-refractivity contribution in [2.45, 2.75) is 13.0 Å². The zero-order chi connectivity index (χ0) is 10.0. The largest absolute Gasteiger partial charge is 0.391 e. The van der Waals surface area contributed by atoms with E-state index in [1.54, 1.807) is 22.6 Å². The third kappa shape index (κ3) is 2.25. The highest BCUT2D eigenvalue weighted by Gasteiger charge is 2.14. The number of pyridine rings is 1. The molecule has 0 radical (unpaired) electrons. The molecule has 0 aliphatic rings. The highest BCUT2D eigenvalue weighted by atomic mass is 127. The number of aliphatic hydroxyl groups excluding tert-OH is 1. The molecule has 0 atom stereocenters. The maximum Gasteiger partial charge on any atom is 0.279 e. The number of aromatic amines is 1. The monoisotopic (exact) mass is 301 g/mol. The summed E-state index contributed by atoms with van der Waals surface area (Å²) in [5, 5.41) is 8.66. The summed E-state index contributed by atoms with van der Waals surface area (Å²) in [5.74, 6) is 0. The van der Waals surface area contributed by atoms with Crippen LogP contribution in [0.1, 0.15) is 17.7 Å². The number of nitrogens with one attached hydrogen (secondary N) is 1. The van der Waals surface area contributed by atoms with E-state index >= 15 is 0 Å². The van der Waals surface area contributed by atoms with Crippen molar-refractivity contribution < 1.29 is 13.9 Å². The normalized spacial score (nSPS) is 10.8. The van der Waals surface area contributed by atoms with Crippen molar-refractivity contribution in [1.29, 1.82) is 0 Å². The van der Waals surface area contributed by atoms with E-state index in [1.807, 2.05) is 4.98 Å². The van der Waals surface area contributed by atoms with E-state index in [-0.39, 0.29) is 9.13 Å². The zero-order valence-corrected chi connectivity index (χ0v) is 8.51. The SMILES string of the molecule is O=c1[nH]c(C(F)F)c(I)cc1CO. The van der Waals surface area contributed by atoms with Gasteiger partial charge in [-0.3, -0.25) is 4.79 Å². The summed E-state index contributed by atoms with van der Waals surface area (Å²) in [5.41, 5.74) is -0.977. The van der Waals surface area contributed by atoms with Crippen LogP contribution in [-0.4, -0.2) is 10.1 Å². The predicted molar refractivity (Wildman–Crippen MR) is 50.7 cm³/mol. The first-order valence-corrected chi connectivity index (χ1v) is 4.44. The quantitative estimate of drug-likeness (QED) is 0.812. The minimum Gasteiger partial charge on any atom is -0.391 e. The summed E-state index contributed by atoms with van der Waals surface area (Å²) in [6.45, 7) is -0.450. The van der Waals surface area contributed by atoms with E-state index in [1.165, 1.54) is 6.07 Å². The van der Waals surface area contributed by atoms with Crippen LogP contribution in [0.5, 0.6) is 0 Å². The van der Waals surface area contributed by atoms with Crippen LogP contribution in [0.15, 0.2) is 10.9 Å². The van der Waals surface area contributed by atoms with E-state index in [0.717, 1.165) is 0 Å². The highest BCUT2D eigenvalue weighted by molar-refractivity contribution is 14.1. The van der Waals surface area contributed by atoms with Crippen molar-refractivity contribution in [1.82, 2.24) is 4.98 Å². The second kappa shape index (κ2) is 4.14. The Hall–Kier alpha value is -0.500. The molecule has 0 amide bonds. The van der Waals surface area contributed by atoms with Crippen molar-refractivity contribution >= 4 is 22.6 Å². The van der Waals surface area contributed by atoms with E-state index in [4.69, 9.17) is 5.11 Å². The first-order valence-electron chi connectivity index (χ1n) is 3.37. The van der Waals surface area contributed by atoms with Crippen LogP contribution in [-0.2, 0) is 6.61 Å². The van der Waals surface area contributed by atoms with Gasteiger partial charge in [0.05, 0.1) is 12.3 Å².